The summed E-state index contributed by atoms with van der Waals surface area (Å²) in [4.78, 5) is 22.9. The minimum absolute atomic E-state index is 0.127. The number of hydrogen-bond donors (Lipinski definition) is 3. The first-order valence-electron chi connectivity index (χ1n) is 6.34. The molecular formula is C14H18Br2N2O3. The summed E-state index contributed by atoms with van der Waals surface area (Å²) < 4.78 is 1.62. The van der Waals surface area contributed by atoms with Gasteiger partial charge >= 0.3 is 12.0 Å². The Hall–Kier alpha value is -1.08. The van der Waals surface area contributed by atoms with Gasteiger partial charge in [-0.3, -0.25) is 4.79 Å². The van der Waals surface area contributed by atoms with Crippen molar-refractivity contribution in [1.29, 1.82) is 0 Å². The van der Waals surface area contributed by atoms with Crippen molar-refractivity contribution in [2.75, 3.05) is 5.32 Å². The smallest absolute Gasteiger partial charge is 0.319 e. The Morgan fingerprint density at radius 1 is 1.29 bits per heavy atom. The number of aliphatic carboxylic acids is 1. The lowest BCUT2D eigenvalue weighted by atomic mass is 9.85. The molecule has 7 heteroatoms. The maximum absolute atomic E-state index is 12.0. The Morgan fingerprint density at radius 3 is 2.38 bits per heavy atom. The molecule has 0 aliphatic heterocycles. The van der Waals surface area contributed by atoms with Crippen LogP contribution in [-0.2, 0) is 4.79 Å². The molecule has 0 radical (unpaired) electrons. The van der Waals surface area contributed by atoms with Gasteiger partial charge in [-0.15, -0.1) is 0 Å². The van der Waals surface area contributed by atoms with E-state index >= 15 is 0 Å². The van der Waals surface area contributed by atoms with Crippen LogP contribution in [0.3, 0.4) is 0 Å². The quantitative estimate of drug-likeness (QED) is 0.680. The number of urea groups is 1. The largest absolute Gasteiger partial charge is 0.481 e. The molecule has 0 fully saturated rings. The third kappa shape index (κ3) is 6.05. The summed E-state index contributed by atoms with van der Waals surface area (Å²) in [6.07, 6.45) is -0.127. The van der Waals surface area contributed by atoms with Crippen LogP contribution < -0.4 is 10.6 Å². The van der Waals surface area contributed by atoms with E-state index in [0.29, 0.717) is 5.69 Å². The third-order valence-electron chi connectivity index (χ3n) is 2.91. The predicted octanol–water partition coefficient (Wildman–Crippen LogP) is 4.22. The van der Waals surface area contributed by atoms with Crippen LogP contribution in [0.1, 0.15) is 27.2 Å². The van der Waals surface area contributed by atoms with Crippen LogP contribution in [0.15, 0.2) is 27.1 Å². The molecule has 1 unspecified atom stereocenters. The lowest BCUT2D eigenvalue weighted by Gasteiger charge is -2.30. The lowest BCUT2D eigenvalue weighted by molar-refractivity contribution is -0.138. The summed E-state index contributed by atoms with van der Waals surface area (Å²) in [7, 11) is 0. The van der Waals surface area contributed by atoms with Gasteiger partial charge in [-0.2, -0.15) is 0 Å². The van der Waals surface area contributed by atoms with Crippen molar-refractivity contribution >= 4 is 49.5 Å². The van der Waals surface area contributed by atoms with Gasteiger partial charge in [-0.1, -0.05) is 36.7 Å². The fourth-order valence-electron chi connectivity index (χ4n) is 1.66. The minimum Gasteiger partial charge on any atom is -0.481 e. The minimum atomic E-state index is -0.944. The van der Waals surface area contributed by atoms with E-state index in [1.54, 1.807) is 12.1 Å². The standard InChI is InChI=1S/C14H18Br2N2O3/c1-14(2,3)11(7-12(19)20)18-13(21)17-10-5-4-8(15)6-9(10)16/h4-6,11H,7H2,1-3H3,(H,19,20)(H2,17,18,21). The molecule has 0 saturated carbocycles. The van der Waals surface area contributed by atoms with Crippen molar-refractivity contribution in [1.82, 2.24) is 5.32 Å². The Balaban J connectivity index is 2.76. The van der Waals surface area contributed by atoms with E-state index in [2.05, 4.69) is 42.5 Å². The maximum Gasteiger partial charge on any atom is 0.319 e. The summed E-state index contributed by atoms with van der Waals surface area (Å²) in [6, 6.07) is 4.47. The molecule has 0 saturated heterocycles. The highest BCUT2D eigenvalue weighted by molar-refractivity contribution is 9.11. The molecule has 5 nitrogen and oxygen atoms in total. The Kier molecular flexibility index (Phi) is 6.22. The van der Waals surface area contributed by atoms with E-state index in [0.717, 1.165) is 8.95 Å². The zero-order chi connectivity index (χ0) is 16.2. The van der Waals surface area contributed by atoms with Gasteiger partial charge in [0.1, 0.15) is 0 Å². The Labute approximate surface area is 140 Å². The second-order valence-corrected chi connectivity index (χ2v) is 7.51. The molecule has 1 atom stereocenters. The van der Waals surface area contributed by atoms with Gasteiger partial charge in [0.25, 0.3) is 0 Å². The maximum atomic E-state index is 12.0. The second-order valence-electron chi connectivity index (χ2n) is 5.74. The molecule has 1 aromatic carbocycles. The van der Waals surface area contributed by atoms with Gasteiger partial charge in [0, 0.05) is 15.0 Å². The van der Waals surface area contributed by atoms with E-state index in [1.807, 2.05) is 26.8 Å². The zero-order valence-electron chi connectivity index (χ0n) is 12.0. The molecule has 1 rings (SSSR count). The van der Waals surface area contributed by atoms with Gasteiger partial charge in [0.05, 0.1) is 12.1 Å². The zero-order valence-corrected chi connectivity index (χ0v) is 15.2. The van der Waals surface area contributed by atoms with E-state index in [1.165, 1.54) is 0 Å². The average Bonchev–Trinajstić information content (AvgIpc) is 2.30. The number of carbonyl (C=O) groups excluding carboxylic acids is 1. The van der Waals surface area contributed by atoms with Gasteiger partial charge in [0.2, 0.25) is 0 Å². The van der Waals surface area contributed by atoms with Crippen molar-refractivity contribution in [3.05, 3.63) is 27.1 Å². The van der Waals surface area contributed by atoms with E-state index in [-0.39, 0.29) is 11.8 Å². The van der Waals surface area contributed by atoms with Crippen molar-refractivity contribution < 1.29 is 14.7 Å². The first-order valence-corrected chi connectivity index (χ1v) is 7.92. The molecular weight excluding hydrogens is 404 g/mol. The van der Waals surface area contributed by atoms with Crippen LogP contribution in [-0.4, -0.2) is 23.1 Å². The molecule has 2 amide bonds. The molecule has 0 spiro atoms. The fraction of sp³-hybridized carbons (Fsp3) is 0.429. The molecule has 116 valence electrons. The molecule has 3 N–H and O–H groups in total. The number of amides is 2. The summed E-state index contributed by atoms with van der Waals surface area (Å²) in [6.45, 7) is 5.66. The van der Waals surface area contributed by atoms with Crippen LogP contribution in [0, 0.1) is 5.41 Å². The molecule has 0 aliphatic rings. The highest BCUT2D eigenvalue weighted by Crippen LogP contribution is 2.26. The lowest BCUT2D eigenvalue weighted by Crippen LogP contribution is -2.46. The number of carbonyl (C=O) groups is 2. The molecule has 0 aromatic heterocycles. The van der Waals surface area contributed by atoms with Gasteiger partial charge in [0.15, 0.2) is 0 Å². The number of rotatable bonds is 4. The summed E-state index contributed by atoms with van der Waals surface area (Å²) >= 11 is 6.69. The average molecular weight is 422 g/mol. The molecule has 0 aliphatic carbocycles. The highest BCUT2D eigenvalue weighted by Gasteiger charge is 2.28. The molecule has 0 bridgehead atoms. The van der Waals surface area contributed by atoms with Crippen molar-refractivity contribution in [3.63, 3.8) is 0 Å². The number of nitrogens with one attached hydrogen (secondary N) is 2. The fourth-order valence-corrected chi connectivity index (χ4v) is 2.80. The number of carboxylic acid groups (broad SMARTS) is 1. The molecule has 21 heavy (non-hydrogen) atoms. The summed E-state index contributed by atoms with van der Waals surface area (Å²) in [5.74, 6) is -0.944. The number of halogens is 2. The first-order chi connectivity index (χ1) is 9.59. The number of benzene rings is 1. The van der Waals surface area contributed by atoms with Crippen LogP contribution in [0.25, 0.3) is 0 Å². The Bertz CT molecular complexity index is 542. The molecule has 1 aromatic rings. The first kappa shape index (κ1) is 18.0. The van der Waals surface area contributed by atoms with Crippen LogP contribution in [0.4, 0.5) is 10.5 Å². The van der Waals surface area contributed by atoms with Crippen LogP contribution in [0.5, 0.6) is 0 Å². The van der Waals surface area contributed by atoms with Crippen molar-refractivity contribution in [2.45, 2.75) is 33.2 Å². The summed E-state index contributed by atoms with van der Waals surface area (Å²) in [5.41, 5.74) is 0.255. The Morgan fingerprint density at radius 2 is 1.90 bits per heavy atom. The van der Waals surface area contributed by atoms with Gasteiger partial charge in [-0.05, 0) is 39.5 Å². The number of carboxylic acids is 1. The number of anilines is 1. The van der Waals surface area contributed by atoms with E-state index in [9.17, 15) is 9.59 Å². The third-order valence-corrected chi connectivity index (χ3v) is 4.06. The topological polar surface area (TPSA) is 78.4 Å². The highest BCUT2D eigenvalue weighted by atomic mass is 79.9. The number of hydrogen-bond acceptors (Lipinski definition) is 2. The predicted molar refractivity (Wildman–Crippen MR) is 89.5 cm³/mol. The van der Waals surface area contributed by atoms with Gasteiger partial charge in [-0.25, -0.2) is 4.79 Å². The van der Waals surface area contributed by atoms with Crippen molar-refractivity contribution in [2.24, 2.45) is 5.41 Å². The normalized spacial score (nSPS) is 12.6. The van der Waals surface area contributed by atoms with E-state index < -0.39 is 18.0 Å². The van der Waals surface area contributed by atoms with Crippen molar-refractivity contribution in [3.8, 4) is 0 Å². The SMILES string of the molecule is CC(C)(C)C(CC(=O)O)NC(=O)Nc1ccc(Br)cc1Br. The second kappa shape index (κ2) is 7.26. The van der Waals surface area contributed by atoms with Crippen LogP contribution >= 0.6 is 31.9 Å². The van der Waals surface area contributed by atoms with E-state index in [4.69, 9.17) is 5.11 Å². The monoisotopic (exact) mass is 420 g/mol. The van der Waals surface area contributed by atoms with Gasteiger partial charge < -0.3 is 15.7 Å². The van der Waals surface area contributed by atoms with Crippen LogP contribution in [0.2, 0.25) is 0 Å². The molecule has 0 heterocycles. The summed E-state index contributed by atoms with van der Waals surface area (Å²) in [5, 5.41) is 14.4.